The van der Waals surface area contributed by atoms with E-state index in [0.29, 0.717) is 25.7 Å². The molecule has 188 valence electrons. The van der Waals surface area contributed by atoms with Crippen LogP contribution in [-0.4, -0.2) is 63.8 Å². The predicted octanol–water partition coefficient (Wildman–Crippen LogP) is 2.70. The van der Waals surface area contributed by atoms with Crippen molar-refractivity contribution in [1.29, 1.82) is 0 Å². The van der Waals surface area contributed by atoms with E-state index in [9.17, 15) is 9.59 Å². The largest absolute Gasteiger partial charge is 0.461 e. The summed E-state index contributed by atoms with van der Waals surface area (Å²) in [4.78, 5) is 24.3. The third kappa shape index (κ3) is 14.4. The molecule has 8 nitrogen and oxygen atoms in total. The van der Waals surface area contributed by atoms with E-state index in [4.69, 9.17) is 43.0 Å². The first-order valence-electron chi connectivity index (χ1n) is 11.2. The van der Waals surface area contributed by atoms with E-state index in [0.717, 1.165) is 5.56 Å². The quantitative estimate of drug-likeness (QED) is 0.195. The Labute approximate surface area is 208 Å². The highest BCUT2D eigenvalue weighted by Gasteiger charge is 2.34. The highest BCUT2D eigenvalue weighted by atomic mass is 16.6. The van der Waals surface area contributed by atoms with Crippen molar-refractivity contribution in [3.8, 4) is 37.0 Å². The lowest BCUT2D eigenvalue weighted by atomic mass is 10.0. The number of alkyl carbamates (subject to hydrolysis) is 1. The average Bonchev–Trinajstić information content (AvgIpc) is 2.86. The molecule has 0 heterocycles. The summed E-state index contributed by atoms with van der Waals surface area (Å²) in [5.74, 6) is 6.82. The van der Waals surface area contributed by atoms with Crippen molar-refractivity contribution in [2.45, 2.75) is 37.8 Å². The van der Waals surface area contributed by atoms with E-state index in [-0.39, 0.29) is 58.8 Å². The maximum atomic E-state index is 12.4. The number of rotatable bonds is 18. The minimum Gasteiger partial charge on any atom is -0.461 e. The van der Waals surface area contributed by atoms with Crippen LogP contribution < -0.4 is 5.32 Å². The van der Waals surface area contributed by atoms with Gasteiger partial charge in [0.05, 0.1) is 26.4 Å². The zero-order chi connectivity index (χ0) is 25.6. The smallest absolute Gasteiger partial charge is 0.407 e. The molecule has 8 heteroatoms. The fraction of sp³-hybridized carbons (Fsp3) is 0.481. The van der Waals surface area contributed by atoms with Crippen LogP contribution in [0, 0.1) is 37.0 Å². The summed E-state index contributed by atoms with van der Waals surface area (Å²) in [6.07, 6.45) is 17.2. The number of nitrogens with one attached hydrogen (secondary N) is 1. The van der Waals surface area contributed by atoms with Gasteiger partial charge in [-0.1, -0.05) is 48.1 Å². The number of carbonyl (C=O) groups excluding carboxylic acids is 2. The van der Waals surface area contributed by atoms with E-state index in [2.05, 4.69) is 23.1 Å². The number of carbonyl (C=O) groups is 2. The highest BCUT2D eigenvalue weighted by molar-refractivity contribution is 5.69. The van der Waals surface area contributed by atoms with E-state index in [1.165, 1.54) is 0 Å². The molecule has 0 atom stereocenters. The summed E-state index contributed by atoms with van der Waals surface area (Å²) < 4.78 is 26.8. The number of hydrogen-bond donors (Lipinski definition) is 1. The van der Waals surface area contributed by atoms with Crippen molar-refractivity contribution < 1.29 is 33.3 Å². The lowest BCUT2D eigenvalue weighted by Crippen LogP contribution is -2.58. The van der Waals surface area contributed by atoms with Crippen LogP contribution in [0.15, 0.2) is 30.3 Å². The van der Waals surface area contributed by atoms with Crippen LogP contribution in [0.25, 0.3) is 0 Å². The molecule has 1 amide bonds. The topological polar surface area (TPSA) is 92.3 Å². The molecule has 1 rings (SSSR count). The molecule has 0 aliphatic carbocycles. The summed E-state index contributed by atoms with van der Waals surface area (Å²) >= 11 is 0. The van der Waals surface area contributed by atoms with Gasteiger partial charge in [-0.05, 0) is 24.8 Å². The first kappa shape index (κ1) is 29.6. The Morgan fingerprint density at radius 1 is 0.800 bits per heavy atom. The van der Waals surface area contributed by atoms with E-state index in [1.807, 2.05) is 30.3 Å². The van der Waals surface area contributed by atoms with E-state index in [1.54, 1.807) is 0 Å². The Kier molecular flexibility index (Phi) is 16.0. The number of unbranched alkanes of at least 4 members (excludes halogenated alkanes) is 2. The molecule has 0 radical (unpaired) electrons. The molecule has 0 unspecified atom stereocenters. The van der Waals surface area contributed by atoms with E-state index >= 15 is 0 Å². The molecule has 1 aromatic rings. The minimum atomic E-state index is -1.09. The van der Waals surface area contributed by atoms with Crippen LogP contribution in [0.4, 0.5) is 4.79 Å². The van der Waals surface area contributed by atoms with Crippen LogP contribution in [0.2, 0.25) is 0 Å². The zero-order valence-corrected chi connectivity index (χ0v) is 20.0. The lowest BCUT2D eigenvalue weighted by Gasteiger charge is -2.33. The second-order valence-corrected chi connectivity index (χ2v) is 7.59. The highest BCUT2D eigenvalue weighted by Crippen LogP contribution is 2.10. The van der Waals surface area contributed by atoms with Gasteiger partial charge < -0.3 is 29.0 Å². The van der Waals surface area contributed by atoms with E-state index < -0.39 is 11.6 Å². The Balaban J connectivity index is 2.39. The number of esters is 1. The molecule has 0 aliphatic heterocycles. The fourth-order valence-corrected chi connectivity index (χ4v) is 2.93. The second kappa shape index (κ2) is 18.9. The Morgan fingerprint density at radius 3 is 1.91 bits per heavy atom. The Bertz CT molecular complexity index is 814. The van der Waals surface area contributed by atoms with Gasteiger partial charge >= 0.3 is 12.1 Å². The molecular weight excluding hydrogens is 450 g/mol. The summed E-state index contributed by atoms with van der Waals surface area (Å²) in [6, 6.07) is 9.48. The van der Waals surface area contributed by atoms with Crippen molar-refractivity contribution in [2.75, 3.05) is 46.2 Å². The van der Waals surface area contributed by atoms with Crippen molar-refractivity contribution in [3.05, 3.63) is 35.9 Å². The van der Waals surface area contributed by atoms with Gasteiger partial charge in [0.15, 0.2) is 0 Å². The van der Waals surface area contributed by atoms with Gasteiger partial charge in [0.2, 0.25) is 0 Å². The Hall–Kier alpha value is -3.48. The predicted molar refractivity (Wildman–Crippen MR) is 131 cm³/mol. The molecule has 0 bridgehead atoms. The average molecular weight is 484 g/mol. The molecule has 0 saturated carbocycles. The van der Waals surface area contributed by atoms with Gasteiger partial charge in [0.1, 0.15) is 32.0 Å². The second-order valence-electron chi connectivity index (χ2n) is 7.59. The monoisotopic (exact) mass is 483 g/mol. The SMILES string of the molecule is C#CCOCC(COCC#C)(COCC#C)NC(=O)OCCCCCC(=O)OCc1ccccc1. The third-order valence-corrected chi connectivity index (χ3v) is 4.56. The molecule has 0 saturated heterocycles. The molecule has 1 aromatic carbocycles. The lowest BCUT2D eigenvalue weighted by molar-refractivity contribution is -0.145. The maximum Gasteiger partial charge on any atom is 0.407 e. The van der Waals surface area contributed by atoms with Crippen LogP contribution in [0.3, 0.4) is 0 Å². The normalized spacial score (nSPS) is 10.4. The molecule has 0 fully saturated rings. The van der Waals surface area contributed by atoms with Crippen molar-refractivity contribution >= 4 is 12.1 Å². The maximum absolute atomic E-state index is 12.4. The molecular formula is C27H33NO7. The molecule has 0 aliphatic rings. The van der Waals surface area contributed by atoms with Gasteiger partial charge in [-0.3, -0.25) is 4.79 Å². The number of benzene rings is 1. The van der Waals surface area contributed by atoms with Crippen molar-refractivity contribution in [2.24, 2.45) is 0 Å². The molecule has 1 N–H and O–H groups in total. The number of ether oxygens (including phenoxy) is 5. The van der Waals surface area contributed by atoms with Gasteiger partial charge in [0.25, 0.3) is 0 Å². The van der Waals surface area contributed by atoms with Crippen LogP contribution in [0.1, 0.15) is 31.2 Å². The fourth-order valence-electron chi connectivity index (χ4n) is 2.93. The van der Waals surface area contributed by atoms with Gasteiger partial charge in [-0.25, -0.2) is 4.79 Å². The third-order valence-electron chi connectivity index (χ3n) is 4.56. The van der Waals surface area contributed by atoms with Crippen LogP contribution >= 0.6 is 0 Å². The zero-order valence-electron chi connectivity index (χ0n) is 20.0. The summed E-state index contributed by atoms with van der Waals surface area (Å²) in [7, 11) is 0. The first-order valence-corrected chi connectivity index (χ1v) is 11.2. The minimum absolute atomic E-state index is 0.00648. The van der Waals surface area contributed by atoms with Crippen molar-refractivity contribution in [1.82, 2.24) is 5.32 Å². The number of hydrogen-bond acceptors (Lipinski definition) is 7. The van der Waals surface area contributed by atoms with Gasteiger partial charge in [-0.2, -0.15) is 0 Å². The first-order chi connectivity index (χ1) is 17.0. The summed E-state index contributed by atoms with van der Waals surface area (Å²) in [6.45, 7) is 0.559. The van der Waals surface area contributed by atoms with Gasteiger partial charge in [0, 0.05) is 6.42 Å². The summed E-state index contributed by atoms with van der Waals surface area (Å²) in [5.41, 5.74) is -0.153. The van der Waals surface area contributed by atoms with Crippen LogP contribution in [-0.2, 0) is 35.1 Å². The Morgan fingerprint density at radius 2 is 1.37 bits per heavy atom. The molecule has 0 spiro atoms. The number of terminal acetylenes is 3. The standard InChI is InChI=1S/C27H33NO7/c1-4-16-31-21-27(22-32-17-5-2,23-33-18-6-3)28-26(30)34-19-12-8-11-15-25(29)35-20-24-13-9-7-10-14-24/h1-3,7,9-10,13-14H,8,11-12,15-23H2,(H,28,30). The van der Waals surface area contributed by atoms with Crippen LogP contribution in [0.5, 0.6) is 0 Å². The molecule has 0 aromatic heterocycles. The number of amides is 1. The summed E-state index contributed by atoms with van der Waals surface area (Å²) in [5, 5.41) is 2.73. The van der Waals surface area contributed by atoms with Crippen molar-refractivity contribution in [3.63, 3.8) is 0 Å². The van der Waals surface area contributed by atoms with Gasteiger partial charge in [-0.15, -0.1) is 19.3 Å². The molecule has 35 heavy (non-hydrogen) atoms.